The standard InChI is InChI=1S/C46H64N4O12/c1-23(2)22-49-16-18-50(19-17-49)47-21-31-36-41(56)34-33(40(31)55)35-43(29(8)39(34)54)62-46(10,44(35)57)60-20-15-32(59-11)26(5)42(61-30(9)51)28(7)38(53)27(6)37(52)24(3)13-12-14-25(4)45(58)48-36/h12-15,20-21,23-24,26-28,32,37-38,42,52-56H,16-19,22H2,1-11H3,(H,48,58)/b13-12-,20-15-,25-14-,47-21?/t24-,26-,27-,28-,32+,37-,38-,42+,46-/m0/s1. The molecule has 4 heterocycles. The predicted molar refractivity (Wildman–Crippen MR) is 234 cm³/mol. The van der Waals surface area contributed by atoms with Gasteiger partial charge in [-0.2, -0.15) is 5.10 Å². The number of phenols is 3. The monoisotopic (exact) mass is 864 g/mol. The fourth-order valence-electron chi connectivity index (χ4n) is 8.56. The Kier molecular flexibility index (Phi) is 15.0. The molecule has 6 N–H and O–H groups in total. The van der Waals surface area contributed by atoms with Gasteiger partial charge in [0.2, 0.25) is 0 Å². The molecule has 2 aromatic carbocycles. The van der Waals surface area contributed by atoms with Crippen molar-refractivity contribution in [3.05, 3.63) is 52.8 Å². The second kappa shape index (κ2) is 19.5. The van der Waals surface area contributed by atoms with Gasteiger partial charge in [0.05, 0.1) is 53.0 Å². The molecular weight excluding hydrogens is 801 g/mol. The van der Waals surface area contributed by atoms with Crippen LogP contribution >= 0.6 is 0 Å². The number of carbonyl (C=O) groups excluding carboxylic acids is 3. The van der Waals surface area contributed by atoms with Crippen molar-refractivity contribution >= 4 is 40.3 Å². The van der Waals surface area contributed by atoms with E-state index in [0.717, 1.165) is 19.6 Å². The van der Waals surface area contributed by atoms with Crippen LogP contribution in [0.5, 0.6) is 23.0 Å². The molecule has 6 rings (SSSR count). The van der Waals surface area contributed by atoms with Crippen LogP contribution in [0.4, 0.5) is 5.69 Å². The second-order valence-electron chi connectivity index (χ2n) is 17.5. The van der Waals surface area contributed by atoms with E-state index < -0.39 is 88.8 Å². The molecule has 2 aromatic rings. The highest BCUT2D eigenvalue weighted by Crippen LogP contribution is 2.55. The molecule has 340 valence electrons. The zero-order valence-corrected chi connectivity index (χ0v) is 37.6. The first kappa shape index (κ1) is 47.9. The molecule has 5 bridgehead atoms. The van der Waals surface area contributed by atoms with Crippen molar-refractivity contribution in [3.63, 3.8) is 0 Å². The Morgan fingerprint density at radius 3 is 2.24 bits per heavy atom. The summed E-state index contributed by atoms with van der Waals surface area (Å²) in [6, 6.07) is 0. The Labute approximate surface area is 363 Å². The minimum atomic E-state index is -2.05. The summed E-state index contributed by atoms with van der Waals surface area (Å²) in [5.74, 6) is -7.85. The number of ether oxygens (including phenoxy) is 4. The number of piperazine rings is 1. The SMILES string of the molecule is CO[C@@H]1/C=C\O[C@@]2(C)Oc3c(C)c(O)c4c(O)c(c(C=NN5CCN(CC(C)C)CC5)c(O)c4c3C2=O)NC(=O)/C(C)=C\C=C/[C@H](C)[C@H](O)[C@H](C)[C@H](O)[C@H](C)[C@H](OC(C)=O)[C@H]1C. The molecule has 0 saturated carbocycles. The van der Waals surface area contributed by atoms with E-state index in [1.165, 1.54) is 59.4 Å². The number of fused-ring (bicyclic) bond motifs is 14. The number of hydrogen-bond acceptors (Lipinski definition) is 15. The summed E-state index contributed by atoms with van der Waals surface area (Å²) >= 11 is 0. The van der Waals surface area contributed by atoms with Crippen LogP contribution in [0.25, 0.3) is 10.8 Å². The number of nitrogens with one attached hydrogen (secondary N) is 1. The first-order valence-corrected chi connectivity index (χ1v) is 21.2. The third kappa shape index (κ3) is 9.73. The van der Waals surface area contributed by atoms with Crippen molar-refractivity contribution in [3.8, 4) is 23.0 Å². The molecule has 1 fully saturated rings. The van der Waals surface area contributed by atoms with Crippen LogP contribution in [0.3, 0.4) is 0 Å². The largest absolute Gasteiger partial charge is 0.507 e. The van der Waals surface area contributed by atoms with E-state index in [1.54, 1.807) is 44.9 Å². The van der Waals surface area contributed by atoms with Crippen LogP contribution in [-0.4, -0.2) is 129 Å². The number of aromatic hydroxyl groups is 3. The number of allylic oxidation sites excluding steroid dienone is 2. The van der Waals surface area contributed by atoms with E-state index in [0.29, 0.717) is 19.0 Å². The van der Waals surface area contributed by atoms with Gasteiger partial charge in [0.15, 0.2) is 5.75 Å². The van der Waals surface area contributed by atoms with Gasteiger partial charge in [0.25, 0.3) is 11.7 Å². The number of aliphatic hydroxyl groups is 2. The normalized spacial score (nSPS) is 31.2. The smallest absolute Gasteiger partial charge is 0.312 e. The number of benzene rings is 2. The van der Waals surface area contributed by atoms with Gasteiger partial charge < -0.3 is 49.8 Å². The fraction of sp³-hybridized carbons (Fsp3) is 0.565. The van der Waals surface area contributed by atoms with E-state index in [9.17, 15) is 39.9 Å². The summed E-state index contributed by atoms with van der Waals surface area (Å²) in [4.78, 5) is 43.0. The topological polar surface area (TPSA) is 220 Å². The number of anilines is 1. The van der Waals surface area contributed by atoms with Gasteiger partial charge >= 0.3 is 11.8 Å². The lowest BCUT2D eigenvalue weighted by atomic mass is 9.78. The molecule has 0 spiro atoms. The molecule has 0 aliphatic carbocycles. The van der Waals surface area contributed by atoms with E-state index in [4.69, 9.17) is 18.9 Å². The van der Waals surface area contributed by atoms with Gasteiger partial charge in [-0.1, -0.05) is 59.8 Å². The molecule has 16 nitrogen and oxygen atoms in total. The Morgan fingerprint density at radius 1 is 0.968 bits per heavy atom. The van der Waals surface area contributed by atoms with E-state index in [2.05, 4.69) is 29.2 Å². The number of hydrazone groups is 1. The van der Waals surface area contributed by atoms with E-state index in [-0.39, 0.29) is 44.5 Å². The number of Topliss-reactive ketones (excluding diaryl/α,β-unsaturated/α-hetero) is 1. The van der Waals surface area contributed by atoms with Gasteiger partial charge in [-0.3, -0.25) is 24.3 Å². The van der Waals surface area contributed by atoms with Crippen LogP contribution in [-0.2, 0) is 23.8 Å². The zero-order chi connectivity index (χ0) is 46.0. The third-order valence-corrected chi connectivity index (χ3v) is 12.4. The first-order chi connectivity index (χ1) is 29.1. The van der Waals surface area contributed by atoms with Crippen molar-refractivity contribution in [2.75, 3.05) is 45.2 Å². The summed E-state index contributed by atoms with van der Waals surface area (Å²) in [7, 11) is 1.44. The van der Waals surface area contributed by atoms with Crippen molar-refractivity contribution < 1.29 is 58.9 Å². The Bertz CT molecular complexity index is 2140. The lowest BCUT2D eigenvalue weighted by molar-refractivity contribution is -0.160. The lowest BCUT2D eigenvalue weighted by Gasteiger charge is -2.38. The van der Waals surface area contributed by atoms with Crippen LogP contribution in [0.1, 0.15) is 83.8 Å². The average molecular weight is 865 g/mol. The van der Waals surface area contributed by atoms with E-state index in [1.807, 2.05) is 0 Å². The zero-order valence-electron chi connectivity index (χ0n) is 37.6. The quantitative estimate of drug-likeness (QED) is 0.0933. The van der Waals surface area contributed by atoms with Crippen LogP contribution in [0.15, 0.2) is 41.2 Å². The molecule has 0 unspecified atom stereocenters. The maximum atomic E-state index is 14.5. The maximum absolute atomic E-state index is 14.5. The van der Waals surface area contributed by atoms with Crippen molar-refractivity contribution in [2.45, 2.75) is 99.4 Å². The summed E-state index contributed by atoms with van der Waals surface area (Å²) in [5, 5.41) is 67.3. The predicted octanol–water partition coefficient (Wildman–Crippen LogP) is 5.36. The number of phenolic OH excluding ortho intramolecular Hbond substituents is 3. The summed E-state index contributed by atoms with van der Waals surface area (Å²) in [6.07, 6.45) is 4.90. The second-order valence-corrected chi connectivity index (χ2v) is 17.5. The molecular formula is C46H64N4O12. The summed E-state index contributed by atoms with van der Waals surface area (Å²) in [6.45, 7) is 20.4. The van der Waals surface area contributed by atoms with Crippen LogP contribution in [0, 0.1) is 36.5 Å². The first-order valence-electron chi connectivity index (χ1n) is 21.2. The number of hydrogen-bond donors (Lipinski definition) is 6. The van der Waals surface area contributed by atoms with Crippen molar-refractivity contribution in [2.24, 2.45) is 34.7 Å². The van der Waals surface area contributed by atoms with Crippen molar-refractivity contribution in [1.29, 1.82) is 0 Å². The number of ketones is 1. The number of aliphatic hydroxyl groups excluding tert-OH is 2. The van der Waals surface area contributed by atoms with Crippen LogP contribution < -0.4 is 10.1 Å². The lowest BCUT2D eigenvalue weighted by Crippen LogP contribution is -2.46. The van der Waals surface area contributed by atoms with Gasteiger partial charge in [0, 0.05) is 93.9 Å². The molecule has 4 aliphatic rings. The molecule has 62 heavy (non-hydrogen) atoms. The number of esters is 1. The molecule has 1 saturated heterocycles. The minimum Gasteiger partial charge on any atom is -0.507 e. The molecule has 0 radical (unpaired) electrons. The number of amides is 1. The number of nitrogens with zero attached hydrogens (tertiary/aromatic N) is 3. The van der Waals surface area contributed by atoms with E-state index >= 15 is 0 Å². The highest BCUT2D eigenvalue weighted by molar-refractivity contribution is 6.23. The molecule has 0 aromatic heterocycles. The number of carbonyl (C=O) groups is 3. The fourth-order valence-corrected chi connectivity index (χ4v) is 8.56. The number of methoxy groups -OCH3 is 1. The van der Waals surface area contributed by atoms with Crippen molar-refractivity contribution in [1.82, 2.24) is 9.91 Å². The average Bonchev–Trinajstić information content (AvgIpc) is 3.49. The third-order valence-electron chi connectivity index (χ3n) is 12.4. The van der Waals surface area contributed by atoms with Crippen LogP contribution in [0.2, 0.25) is 0 Å². The molecule has 16 heteroatoms. The Balaban J connectivity index is 1.68. The molecule has 1 amide bonds. The minimum absolute atomic E-state index is 0.0576. The summed E-state index contributed by atoms with van der Waals surface area (Å²) < 4.78 is 23.7. The number of rotatable bonds is 6. The van der Waals surface area contributed by atoms with Gasteiger partial charge in [-0.25, -0.2) is 0 Å². The summed E-state index contributed by atoms with van der Waals surface area (Å²) in [5.41, 5.74) is -0.335. The Morgan fingerprint density at radius 2 is 1.63 bits per heavy atom. The molecule has 9 atom stereocenters. The van der Waals surface area contributed by atoms with Gasteiger partial charge in [-0.05, 0) is 25.8 Å². The Hall–Kier alpha value is -5.16. The maximum Gasteiger partial charge on any atom is 0.312 e. The van der Waals surface area contributed by atoms with Gasteiger partial charge in [0.1, 0.15) is 23.4 Å². The van der Waals surface area contributed by atoms with Gasteiger partial charge in [-0.15, -0.1) is 0 Å². The molecule has 4 aliphatic heterocycles. The highest BCUT2D eigenvalue weighted by atomic mass is 16.7. The highest BCUT2D eigenvalue weighted by Gasteiger charge is 2.50.